The highest BCUT2D eigenvalue weighted by molar-refractivity contribution is 7.75. The fraction of sp³-hybridized carbons (Fsp3) is 1.00. The molecule has 0 aromatic carbocycles. The molecule has 150 valence electrons. The Balaban J connectivity index is 5.21. The number of hydrogen-bond donors (Lipinski definition) is 10. The van der Waals surface area contributed by atoms with Crippen molar-refractivity contribution >= 4 is 21.0 Å². The number of thiol groups is 1. The highest BCUT2D eigenvalue weighted by atomic mass is 32.1. The van der Waals surface area contributed by atoms with Gasteiger partial charge in [-0.3, -0.25) is 0 Å². The van der Waals surface area contributed by atoms with Gasteiger partial charge < -0.3 is 54.8 Å². The Morgan fingerprint density at radius 1 is 0.760 bits per heavy atom. The van der Waals surface area contributed by atoms with E-state index in [9.17, 15) is 40.9 Å². The summed E-state index contributed by atoms with van der Waals surface area (Å²) in [6.07, 6.45) is -18.1. The van der Waals surface area contributed by atoms with E-state index in [0.717, 1.165) is 15.0 Å². The van der Waals surface area contributed by atoms with Crippen LogP contribution < -0.4 is 0 Å². The highest BCUT2D eigenvalue weighted by Gasteiger charge is 2.44. The first-order chi connectivity index (χ1) is 11.5. The Morgan fingerprint density at radius 2 is 1.16 bits per heavy atom. The fourth-order valence-corrected chi connectivity index (χ4v) is 2.48. The van der Waals surface area contributed by atoms with E-state index in [2.05, 4.69) is 17.1 Å². The van der Waals surface area contributed by atoms with Crippen LogP contribution in [0.3, 0.4) is 0 Å². The van der Waals surface area contributed by atoms with Gasteiger partial charge in [0.05, 0.1) is 18.8 Å². The lowest BCUT2D eigenvalue weighted by atomic mass is 9.90. The molecule has 10 atom stereocenters. The van der Waals surface area contributed by atoms with Gasteiger partial charge in [-0.2, -0.15) is 0 Å². The average Bonchev–Trinajstić information content (AvgIpc) is 2.59. The van der Waals surface area contributed by atoms with Crippen LogP contribution in [-0.4, -0.2) is 122 Å². The van der Waals surface area contributed by atoms with Crippen LogP contribution in [0.4, 0.5) is 0 Å². The van der Waals surface area contributed by atoms with Crippen LogP contribution >= 0.6 is 12.9 Å². The summed E-state index contributed by atoms with van der Waals surface area (Å²) in [7, 11) is 1.09. The molecule has 0 aromatic heterocycles. The molecule has 9 N–H and O–H groups in total. The van der Waals surface area contributed by atoms with Gasteiger partial charge in [-0.05, 0) is 19.8 Å². The maximum absolute atomic E-state index is 10.1. The van der Waals surface area contributed by atoms with Crippen molar-refractivity contribution in [2.75, 3.05) is 6.61 Å². The molecule has 0 aliphatic heterocycles. The average molecular weight is 390 g/mol. The SMILES string of the molecule is BOC(C(O)CO)C(O)C(O)C(OS)C(O)C(O)C(O)C(O)C(C)O. The van der Waals surface area contributed by atoms with Crippen LogP contribution in [-0.2, 0) is 8.84 Å². The predicted octanol–water partition coefficient (Wildman–Crippen LogP) is -5.95. The molecule has 11 nitrogen and oxygen atoms in total. The summed E-state index contributed by atoms with van der Waals surface area (Å²) >= 11 is 3.43. The van der Waals surface area contributed by atoms with Crippen molar-refractivity contribution in [3.8, 4) is 0 Å². The molecule has 0 aliphatic rings. The smallest absolute Gasteiger partial charge is 0.257 e. The molecule has 25 heavy (non-hydrogen) atoms. The third kappa shape index (κ3) is 6.57. The van der Waals surface area contributed by atoms with Gasteiger partial charge in [0.15, 0.2) is 0 Å². The summed E-state index contributed by atoms with van der Waals surface area (Å²) in [5, 5.41) is 87.0. The Kier molecular flexibility index (Phi) is 11.6. The molecule has 0 heterocycles. The van der Waals surface area contributed by atoms with Gasteiger partial charge in [0.25, 0.3) is 8.05 Å². The summed E-state index contributed by atoms with van der Waals surface area (Å²) in [6.45, 7) is 0.344. The lowest BCUT2D eigenvalue weighted by molar-refractivity contribution is -0.179. The largest absolute Gasteiger partial charge is 0.436 e. The van der Waals surface area contributed by atoms with E-state index in [0.29, 0.717) is 0 Å². The molecule has 0 bridgehead atoms. The molecule has 0 radical (unpaired) electrons. The molecule has 13 heteroatoms. The summed E-state index contributed by atoms with van der Waals surface area (Å²) in [5.41, 5.74) is 0. The molecule has 0 fully saturated rings. The second kappa shape index (κ2) is 11.6. The summed E-state index contributed by atoms with van der Waals surface area (Å²) < 4.78 is 9.30. The van der Waals surface area contributed by atoms with Gasteiger partial charge >= 0.3 is 0 Å². The predicted molar refractivity (Wildman–Crippen MR) is 88.1 cm³/mol. The summed E-state index contributed by atoms with van der Waals surface area (Å²) in [5.74, 6) is 0. The molecule has 0 saturated carbocycles. The summed E-state index contributed by atoms with van der Waals surface area (Å²) in [4.78, 5) is 0. The van der Waals surface area contributed by atoms with Crippen molar-refractivity contribution in [1.82, 2.24) is 0 Å². The standard InChI is InChI=1S/C12H27BO11S/c1-3(15)5(17)6(18)7(19)8(20)12(24-25)10(22)9(21)11(23-13)4(16)2-14/h3-12,14-22,25H,2,13H2,1H3. The van der Waals surface area contributed by atoms with Gasteiger partial charge in [0.2, 0.25) is 0 Å². The minimum atomic E-state index is -2.09. The first-order valence-electron chi connectivity index (χ1n) is 7.43. The molecular weight excluding hydrogens is 363 g/mol. The van der Waals surface area contributed by atoms with Crippen molar-refractivity contribution in [2.24, 2.45) is 0 Å². The third-order valence-electron chi connectivity index (χ3n) is 3.86. The maximum atomic E-state index is 10.1. The third-order valence-corrected chi connectivity index (χ3v) is 4.11. The normalized spacial score (nSPS) is 24.4. The van der Waals surface area contributed by atoms with Crippen LogP contribution in [0.5, 0.6) is 0 Å². The van der Waals surface area contributed by atoms with Gasteiger partial charge in [-0.25, -0.2) is 0 Å². The molecule has 0 aromatic rings. The van der Waals surface area contributed by atoms with E-state index in [-0.39, 0.29) is 0 Å². The van der Waals surface area contributed by atoms with E-state index in [1.807, 2.05) is 0 Å². The molecule has 10 unspecified atom stereocenters. The number of rotatable bonds is 12. The second-order valence-electron chi connectivity index (χ2n) is 5.70. The van der Waals surface area contributed by atoms with E-state index in [1.54, 1.807) is 0 Å². The molecule has 0 rings (SSSR count). The van der Waals surface area contributed by atoms with E-state index in [1.165, 1.54) is 0 Å². The Morgan fingerprint density at radius 3 is 1.52 bits per heavy atom. The molecule has 0 aliphatic carbocycles. The van der Waals surface area contributed by atoms with Crippen LogP contribution in [0.2, 0.25) is 0 Å². The molecule has 0 saturated heterocycles. The Bertz CT molecular complexity index is 366. The zero-order chi connectivity index (χ0) is 19.9. The Hall–Kier alpha value is -0.0251. The zero-order valence-corrected chi connectivity index (χ0v) is 14.7. The summed E-state index contributed by atoms with van der Waals surface area (Å²) in [6, 6.07) is 0. The van der Waals surface area contributed by atoms with E-state index in [4.69, 9.17) is 9.76 Å². The van der Waals surface area contributed by atoms with Crippen molar-refractivity contribution in [3.63, 3.8) is 0 Å². The first-order valence-corrected chi connectivity index (χ1v) is 7.79. The van der Waals surface area contributed by atoms with Gasteiger partial charge in [0.1, 0.15) is 48.8 Å². The quantitative estimate of drug-likeness (QED) is 0.0864. The van der Waals surface area contributed by atoms with Gasteiger partial charge in [0, 0.05) is 0 Å². The number of hydrogen-bond acceptors (Lipinski definition) is 12. The monoisotopic (exact) mass is 390 g/mol. The van der Waals surface area contributed by atoms with Crippen molar-refractivity contribution in [2.45, 2.75) is 68.0 Å². The van der Waals surface area contributed by atoms with Crippen molar-refractivity contribution in [3.05, 3.63) is 0 Å². The topological polar surface area (TPSA) is 201 Å². The van der Waals surface area contributed by atoms with Crippen LogP contribution in [0.1, 0.15) is 6.92 Å². The molecule has 0 spiro atoms. The molecule has 0 amide bonds. The minimum Gasteiger partial charge on any atom is -0.436 e. The van der Waals surface area contributed by atoms with Crippen LogP contribution in [0, 0.1) is 0 Å². The highest BCUT2D eigenvalue weighted by Crippen LogP contribution is 2.20. The van der Waals surface area contributed by atoms with Crippen molar-refractivity contribution in [1.29, 1.82) is 0 Å². The Labute approximate surface area is 151 Å². The maximum Gasteiger partial charge on any atom is 0.257 e. The number of aliphatic hydroxyl groups is 9. The van der Waals surface area contributed by atoms with Crippen LogP contribution in [0.25, 0.3) is 0 Å². The van der Waals surface area contributed by atoms with Crippen molar-refractivity contribution < 1.29 is 54.8 Å². The number of aliphatic hydroxyl groups excluding tert-OH is 9. The minimum absolute atomic E-state index is 0.793. The van der Waals surface area contributed by atoms with Gasteiger partial charge in [-0.1, -0.05) is 0 Å². The fourth-order valence-electron chi connectivity index (χ4n) is 2.23. The van der Waals surface area contributed by atoms with E-state index < -0.39 is 67.6 Å². The van der Waals surface area contributed by atoms with Crippen LogP contribution in [0.15, 0.2) is 0 Å². The van der Waals surface area contributed by atoms with E-state index >= 15 is 0 Å². The van der Waals surface area contributed by atoms with Gasteiger partial charge in [-0.15, -0.1) is 0 Å². The molecular formula is C12H27BO11S. The lowest BCUT2D eigenvalue weighted by Gasteiger charge is -2.36. The lowest BCUT2D eigenvalue weighted by Crippen LogP contribution is -2.58. The zero-order valence-electron chi connectivity index (χ0n) is 13.8. The first kappa shape index (κ1) is 25.0. The second-order valence-corrected chi connectivity index (χ2v) is 5.92.